The van der Waals surface area contributed by atoms with Crippen molar-refractivity contribution < 1.29 is 9.18 Å². The van der Waals surface area contributed by atoms with Crippen LogP contribution in [0, 0.1) is 5.82 Å². The summed E-state index contributed by atoms with van der Waals surface area (Å²) < 4.78 is 13.9. The molecule has 0 fully saturated rings. The Morgan fingerprint density at radius 1 is 1.03 bits per heavy atom. The largest absolute Gasteiger partial charge is 0.353 e. The summed E-state index contributed by atoms with van der Waals surface area (Å²) in [5.41, 5.74) is 5.67. The van der Waals surface area contributed by atoms with Crippen molar-refractivity contribution in [1.82, 2.24) is 9.97 Å². The highest BCUT2D eigenvalue weighted by Crippen LogP contribution is 2.31. The van der Waals surface area contributed by atoms with Crippen molar-refractivity contribution in [2.75, 3.05) is 5.32 Å². The third-order valence-electron chi connectivity index (χ3n) is 5.68. The van der Waals surface area contributed by atoms with E-state index in [9.17, 15) is 9.18 Å². The Bertz CT molecular complexity index is 1180. The molecule has 0 atom stereocenters. The summed E-state index contributed by atoms with van der Waals surface area (Å²) in [4.78, 5) is 20.3. The quantitative estimate of drug-likeness (QED) is 0.312. The SMILES string of the molecule is CCCCc1ccc(NC(=O)CCCc2c(-c3ccccn3)[nH]c3ccc(F)cc23)cc1. The number of benzene rings is 2. The molecule has 0 bridgehead atoms. The van der Waals surface area contributed by atoms with Gasteiger partial charge in [0, 0.05) is 29.2 Å². The van der Waals surface area contributed by atoms with Crippen LogP contribution in [0.25, 0.3) is 22.3 Å². The van der Waals surface area contributed by atoms with Crippen molar-refractivity contribution in [1.29, 1.82) is 0 Å². The lowest BCUT2D eigenvalue weighted by Gasteiger charge is -2.08. The van der Waals surface area contributed by atoms with Gasteiger partial charge in [-0.3, -0.25) is 9.78 Å². The molecule has 5 heteroatoms. The highest BCUT2D eigenvalue weighted by atomic mass is 19.1. The van der Waals surface area contributed by atoms with Crippen LogP contribution in [-0.2, 0) is 17.6 Å². The number of hydrogen-bond donors (Lipinski definition) is 2. The average Bonchev–Trinajstić information content (AvgIpc) is 3.17. The molecular weight excluding hydrogens is 401 g/mol. The van der Waals surface area contributed by atoms with E-state index in [4.69, 9.17) is 0 Å². The Morgan fingerprint density at radius 3 is 2.62 bits per heavy atom. The zero-order chi connectivity index (χ0) is 22.3. The normalized spacial score (nSPS) is 11.1. The Morgan fingerprint density at radius 2 is 1.88 bits per heavy atom. The number of unbranched alkanes of at least 4 members (excludes halogenated alkanes) is 1. The van der Waals surface area contributed by atoms with Gasteiger partial charge >= 0.3 is 0 Å². The number of fused-ring (bicyclic) bond motifs is 1. The molecule has 0 saturated heterocycles. The van der Waals surface area contributed by atoms with Crippen LogP contribution < -0.4 is 5.32 Å². The van der Waals surface area contributed by atoms with Crippen LogP contribution in [0.2, 0.25) is 0 Å². The van der Waals surface area contributed by atoms with Crippen molar-refractivity contribution in [2.24, 2.45) is 0 Å². The summed E-state index contributed by atoms with van der Waals surface area (Å²) in [5, 5.41) is 3.82. The van der Waals surface area contributed by atoms with Gasteiger partial charge in [-0.1, -0.05) is 31.5 Å². The van der Waals surface area contributed by atoms with E-state index in [0.29, 0.717) is 19.3 Å². The molecule has 4 nitrogen and oxygen atoms in total. The first kappa shape index (κ1) is 21.8. The van der Waals surface area contributed by atoms with Gasteiger partial charge in [0.1, 0.15) is 5.82 Å². The summed E-state index contributed by atoms with van der Waals surface area (Å²) in [6.07, 6.45) is 6.85. The standard InChI is InChI=1S/C27H28FN3O/c1-2-3-7-19-11-14-21(15-12-19)30-26(32)10-6-8-22-23-18-20(28)13-16-24(23)31-27(22)25-9-4-5-17-29-25/h4-5,9,11-18,31H,2-3,6-8,10H2,1H3,(H,30,32). The lowest BCUT2D eigenvalue weighted by molar-refractivity contribution is -0.116. The van der Waals surface area contributed by atoms with E-state index in [2.05, 4.69) is 34.3 Å². The molecule has 1 amide bonds. The fraction of sp³-hybridized carbons (Fsp3) is 0.259. The molecule has 2 aromatic heterocycles. The molecule has 4 rings (SSSR count). The van der Waals surface area contributed by atoms with E-state index in [1.54, 1.807) is 18.3 Å². The summed E-state index contributed by atoms with van der Waals surface area (Å²) in [6, 6.07) is 18.6. The molecule has 0 aliphatic carbocycles. The van der Waals surface area contributed by atoms with Crippen molar-refractivity contribution in [2.45, 2.75) is 45.4 Å². The van der Waals surface area contributed by atoms with Crippen molar-refractivity contribution in [3.8, 4) is 11.4 Å². The maximum absolute atomic E-state index is 13.9. The highest BCUT2D eigenvalue weighted by molar-refractivity contribution is 5.92. The zero-order valence-corrected chi connectivity index (χ0v) is 18.3. The third kappa shape index (κ3) is 5.22. The lowest BCUT2D eigenvalue weighted by atomic mass is 10.0. The van der Waals surface area contributed by atoms with Crippen LogP contribution in [0.15, 0.2) is 66.9 Å². The summed E-state index contributed by atoms with van der Waals surface area (Å²) >= 11 is 0. The van der Waals surface area contributed by atoms with Crippen LogP contribution in [-0.4, -0.2) is 15.9 Å². The number of carbonyl (C=O) groups is 1. The summed E-state index contributed by atoms with van der Waals surface area (Å²) in [5.74, 6) is -0.290. The van der Waals surface area contributed by atoms with Crippen LogP contribution in [0.1, 0.15) is 43.7 Å². The molecule has 2 N–H and O–H groups in total. The monoisotopic (exact) mass is 429 g/mol. The Balaban J connectivity index is 1.42. The smallest absolute Gasteiger partial charge is 0.224 e. The van der Waals surface area contributed by atoms with E-state index in [1.165, 1.54) is 24.5 Å². The minimum absolute atomic E-state index is 0.0169. The minimum Gasteiger partial charge on any atom is -0.353 e. The average molecular weight is 430 g/mol. The number of carbonyl (C=O) groups excluding carboxylic acids is 1. The molecule has 164 valence electrons. The fourth-order valence-corrected chi connectivity index (χ4v) is 3.99. The van der Waals surface area contributed by atoms with Crippen molar-refractivity contribution >= 4 is 22.5 Å². The maximum Gasteiger partial charge on any atom is 0.224 e. The second-order valence-corrected chi connectivity index (χ2v) is 8.09. The van der Waals surface area contributed by atoms with Crippen molar-refractivity contribution in [3.63, 3.8) is 0 Å². The number of amides is 1. The van der Waals surface area contributed by atoms with Gasteiger partial charge in [-0.2, -0.15) is 0 Å². The first-order valence-corrected chi connectivity index (χ1v) is 11.2. The number of nitrogens with one attached hydrogen (secondary N) is 2. The predicted molar refractivity (Wildman–Crippen MR) is 128 cm³/mol. The second-order valence-electron chi connectivity index (χ2n) is 8.09. The Kier molecular flexibility index (Phi) is 6.95. The van der Waals surface area contributed by atoms with Gasteiger partial charge in [-0.05, 0) is 79.3 Å². The summed E-state index contributed by atoms with van der Waals surface area (Å²) in [6.45, 7) is 2.18. The van der Waals surface area contributed by atoms with E-state index < -0.39 is 0 Å². The molecule has 0 aliphatic rings. The molecule has 0 spiro atoms. The summed E-state index contributed by atoms with van der Waals surface area (Å²) in [7, 11) is 0. The number of nitrogens with zero attached hydrogens (tertiary/aromatic N) is 1. The molecule has 2 heterocycles. The van der Waals surface area contributed by atoms with Crippen LogP contribution >= 0.6 is 0 Å². The van der Waals surface area contributed by atoms with E-state index in [1.807, 2.05) is 30.3 Å². The molecule has 4 aromatic rings. The molecule has 0 radical (unpaired) electrons. The number of anilines is 1. The first-order chi connectivity index (χ1) is 15.6. The number of H-pyrrole nitrogens is 1. The second kappa shape index (κ2) is 10.2. The van der Waals surface area contributed by atoms with E-state index in [0.717, 1.165) is 40.0 Å². The topological polar surface area (TPSA) is 57.8 Å². The number of aromatic amines is 1. The molecular formula is C27H28FN3O. The highest BCUT2D eigenvalue weighted by Gasteiger charge is 2.15. The van der Waals surface area contributed by atoms with Crippen LogP contribution in [0.3, 0.4) is 0 Å². The van der Waals surface area contributed by atoms with Gasteiger partial charge in [-0.25, -0.2) is 4.39 Å². The zero-order valence-electron chi connectivity index (χ0n) is 18.3. The van der Waals surface area contributed by atoms with Gasteiger partial charge in [0.05, 0.1) is 11.4 Å². The lowest BCUT2D eigenvalue weighted by Crippen LogP contribution is -2.11. The van der Waals surface area contributed by atoms with Gasteiger partial charge in [0.25, 0.3) is 0 Å². The molecule has 2 aromatic carbocycles. The molecule has 0 unspecified atom stereocenters. The number of aryl methyl sites for hydroxylation is 2. The number of hydrogen-bond acceptors (Lipinski definition) is 2. The van der Waals surface area contributed by atoms with E-state index in [-0.39, 0.29) is 11.7 Å². The molecule has 0 saturated carbocycles. The third-order valence-corrected chi connectivity index (χ3v) is 5.68. The number of rotatable bonds is 9. The Labute approximate surface area is 187 Å². The van der Waals surface area contributed by atoms with Gasteiger partial charge < -0.3 is 10.3 Å². The first-order valence-electron chi connectivity index (χ1n) is 11.2. The number of pyridine rings is 1. The van der Waals surface area contributed by atoms with Crippen LogP contribution in [0.5, 0.6) is 0 Å². The minimum atomic E-state index is -0.273. The maximum atomic E-state index is 13.9. The van der Waals surface area contributed by atoms with Gasteiger partial charge in [0.15, 0.2) is 0 Å². The predicted octanol–water partition coefficient (Wildman–Crippen LogP) is 6.67. The Hall–Kier alpha value is -3.47. The fourth-order valence-electron chi connectivity index (χ4n) is 3.99. The van der Waals surface area contributed by atoms with Gasteiger partial charge in [-0.15, -0.1) is 0 Å². The van der Waals surface area contributed by atoms with Gasteiger partial charge in [0.2, 0.25) is 5.91 Å². The molecule has 0 aliphatic heterocycles. The van der Waals surface area contributed by atoms with Crippen molar-refractivity contribution in [3.05, 3.63) is 83.8 Å². The van der Waals surface area contributed by atoms with E-state index >= 15 is 0 Å². The number of halogens is 1. The van der Waals surface area contributed by atoms with Crippen LogP contribution in [0.4, 0.5) is 10.1 Å². The number of aromatic nitrogens is 2. The molecule has 32 heavy (non-hydrogen) atoms.